The molecular formula is C15H20N4O2S. The van der Waals surface area contributed by atoms with E-state index in [1.165, 1.54) is 18.7 Å². The van der Waals surface area contributed by atoms with Gasteiger partial charge >= 0.3 is 0 Å². The first kappa shape index (κ1) is 16.4. The number of thioether (sulfide) groups is 1. The van der Waals surface area contributed by atoms with Crippen LogP contribution in [0.2, 0.25) is 0 Å². The quantitative estimate of drug-likeness (QED) is 0.597. The van der Waals surface area contributed by atoms with Crippen molar-refractivity contribution in [3.63, 3.8) is 0 Å². The Morgan fingerprint density at radius 1 is 1.23 bits per heavy atom. The van der Waals surface area contributed by atoms with Crippen LogP contribution in [0.15, 0.2) is 29.4 Å². The number of para-hydroxylation sites is 2. The lowest BCUT2D eigenvalue weighted by molar-refractivity contribution is -0.120. The van der Waals surface area contributed by atoms with Gasteiger partial charge in [-0.1, -0.05) is 23.9 Å². The summed E-state index contributed by atoms with van der Waals surface area (Å²) in [4.78, 5) is 27.1. The molecule has 0 unspecified atom stereocenters. The smallest absolute Gasteiger partial charge is 0.230 e. The maximum Gasteiger partial charge on any atom is 0.230 e. The average molecular weight is 320 g/mol. The van der Waals surface area contributed by atoms with E-state index in [0.717, 1.165) is 22.7 Å². The van der Waals surface area contributed by atoms with Crippen LogP contribution in [-0.2, 0) is 16.1 Å². The number of aromatic nitrogens is 2. The minimum atomic E-state index is -0.0970. The molecule has 7 heteroatoms. The van der Waals surface area contributed by atoms with Crippen LogP contribution in [-0.4, -0.2) is 40.2 Å². The number of carbonyl (C=O) groups is 2. The van der Waals surface area contributed by atoms with Gasteiger partial charge in [0.1, 0.15) is 0 Å². The molecule has 1 heterocycles. The molecule has 22 heavy (non-hydrogen) atoms. The van der Waals surface area contributed by atoms with Crippen molar-refractivity contribution in [1.29, 1.82) is 0 Å². The van der Waals surface area contributed by atoms with Gasteiger partial charge in [0.25, 0.3) is 0 Å². The first-order valence-electron chi connectivity index (χ1n) is 7.21. The van der Waals surface area contributed by atoms with Crippen LogP contribution in [0.25, 0.3) is 11.0 Å². The number of carbonyl (C=O) groups excluding carboxylic acids is 2. The normalized spacial score (nSPS) is 10.6. The Labute approximate surface area is 133 Å². The van der Waals surface area contributed by atoms with Gasteiger partial charge in [-0.05, 0) is 19.1 Å². The Bertz CT molecular complexity index is 669. The van der Waals surface area contributed by atoms with Crippen LogP contribution in [0.4, 0.5) is 0 Å². The standard InChI is InChI=1S/C15H20N4O2S/c1-3-19-13-7-5-4-6-12(13)18-15(19)22-10-14(21)17-9-8-16-11(2)20/h4-7H,3,8-10H2,1-2H3,(H,16,20)(H,17,21). The minimum absolute atomic E-state index is 0.0648. The number of aryl methyl sites for hydroxylation is 1. The molecule has 0 saturated carbocycles. The lowest BCUT2D eigenvalue weighted by atomic mass is 10.3. The Morgan fingerprint density at radius 2 is 1.95 bits per heavy atom. The van der Waals surface area contributed by atoms with Gasteiger partial charge < -0.3 is 15.2 Å². The van der Waals surface area contributed by atoms with Crippen LogP contribution in [0.5, 0.6) is 0 Å². The number of imidazole rings is 1. The number of fused-ring (bicyclic) bond motifs is 1. The lowest BCUT2D eigenvalue weighted by Gasteiger charge is -2.07. The van der Waals surface area contributed by atoms with E-state index in [2.05, 4.69) is 27.1 Å². The van der Waals surface area contributed by atoms with Crippen LogP contribution in [0, 0.1) is 0 Å². The van der Waals surface area contributed by atoms with E-state index in [0.29, 0.717) is 18.8 Å². The number of amides is 2. The fourth-order valence-corrected chi connectivity index (χ4v) is 3.00. The van der Waals surface area contributed by atoms with Gasteiger partial charge in [-0.15, -0.1) is 0 Å². The third kappa shape index (κ3) is 4.24. The summed E-state index contributed by atoms with van der Waals surface area (Å²) in [7, 11) is 0. The summed E-state index contributed by atoms with van der Waals surface area (Å²) < 4.78 is 2.10. The molecule has 0 saturated heterocycles. The van der Waals surface area contributed by atoms with E-state index in [1.54, 1.807) is 0 Å². The molecule has 1 aromatic carbocycles. The molecule has 0 aliphatic rings. The Kier molecular flexibility index (Phi) is 5.83. The van der Waals surface area contributed by atoms with E-state index < -0.39 is 0 Å². The highest BCUT2D eigenvalue weighted by molar-refractivity contribution is 7.99. The topological polar surface area (TPSA) is 76.0 Å². The van der Waals surface area contributed by atoms with Crippen molar-refractivity contribution in [2.75, 3.05) is 18.8 Å². The summed E-state index contributed by atoms with van der Waals surface area (Å²) in [6, 6.07) is 7.94. The Hall–Kier alpha value is -2.02. The summed E-state index contributed by atoms with van der Waals surface area (Å²) in [5.74, 6) is 0.147. The molecule has 2 amide bonds. The van der Waals surface area contributed by atoms with Gasteiger partial charge in [-0.2, -0.15) is 0 Å². The molecule has 2 rings (SSSR count). The van der Waals surface area contributed by atoms with Gasteiger partial charge in [-0.3, -0.25) is 9.59 Å². The molecule has 1 aromatic heterocycles. The fourth-order valence-electron chi connectivity index (χ4n) is 2.09. The molecule has 0 spiro atoms. The van der Waals surface area contributed by atoms with E-state index >= 15 is 0 Å². The molecule has 2 aromatic rings. The number of nitrogens with zero attached hydrogens (tertiary/aromatic N) is 2. The molecule has 118 valence electrons. The third-order valence-corrected chi connectivity index (χ3v) is 4.07. The van der Waals surface area contributed by atoms with E-state index in [-0.39, 0.29) is 11.8 Å². The molecule has 0 atom stereocenters. The zero-order valence-electron chi connectivity index (χ0n) is 12.8. The summed E-state index contributed by atoms with van der Waals surface area (Å²) >= 11 is 1.42. The second kappa shape index (κ2) is 7.84. The monoisotopic (exact) mass is 320 g/mol. The largest absolute Gasteiger partial charge is 0.355 e. The number of benzene rings is 1. The Morgan fingerprint density at radius 3 is 2.68 bits per heavy atom. The molecule has 2 N–H and O–H groups in total. The molecule has 0 fully saturated rings. The fraction of sp³-hybridized carbons (Fsp3) is 0.400. The highest BCUT2D eigenvalue weighted by Gasteiger charge is 2.11. The van der Waals surface area contributed by atoms with Crippen molar-refractivity contribution in [1.82, 2.24) is 20.2 Å². The van der Waals surface area contributed by atoms with Gasteiger partial charge in [0.2, 0.25) is 11.8 Å². The lowest BCUT2D eigenvalue weighted by Crippen LogP contribution is -2.34. The second-order valence-electron chi connectivity index (χ2n) is 4.75. The molecule has 0 aliphatic heterocycles. The van der Waals surface area contributed by atoms with Crippen LogP contribution in [0.3, 0.4) is 0 Å². The summed E-state index contributed by atoms with van der Waals surface area (Å²) in [6.45, 7) is 5.20. The van der Waals surface area contributed by atoms with Crippen LogP contribution in [0.1, 0.15) is 13.8 Å². The van der Waals surface area contributed by atoms with Gasteiger partial charge in [0.05, 0.1) is 16.8 Å². The average Bonchev–Trinajstić information content (AvgIpc) is 2.86. The second-order valence-corrected chi connectivity index (χ2v) is 5.69. The first-order valence-corrected chi connectivity index (χ1v) is 8.19. The van der Waals surface area contributed by atoms with Crippen molar-refractivity contribution < 1.29 is 9.59 Å². The number of hydrogen-bond acceptors (Lipinski definition) is 4. The SMILES string of the molecule is CCn1c(SCC(=O)NCCNC(C)=O)nc2ccccc21. The molecule has 0 aliphatic carbocycles. The maximum atomic E-state index is 11.8. The van der Waals surface area contributed by atoms with Gasteiger partial charge in [0.15, 0.2) is 5.16 Å². The van der Waals surface area contributed by atoms with Crippen LogP contribution >= 0.6 is 11.8 Å². The highest BCUT2D eigenvalue weighted by atomic mass is 32.2. The van der Waals surface area contributed by atoms with E-state index in [1.807, 2.05) is 24.3 Å². The Balaban J connectivity index is 1.88. The first-order chi connectivity index (χ1) is 10.6. The number of nitrogens with one attached hydrogen (secondary N) is 2. The summed E-state index contributed by atoms with van der Waals surface area (Å²) in [5.41, 5.74) is 2.02. The van der Waals surface area contributed by atoms with E-state index in [4.69, 9.17) is 0 Å². The third-order valence-electron chi connectivity index (χ3n) is 3.09. The maximum absolute atomic E-state index is 11.8. The van der Waals surface area contributed by atoms with Gasteiger partial charge in [0, 0.05) is 26.6 Å². The van der Waals surface area contributed by atoms with Gasteiger partial charge in [-0.25, -0.2) is 4.98 Å². The zero-order valence-corrected chi connectivity index (χ0v) is 13.6. The highest BCUT2D eigenvalue weighted by Crippen LogP contribution is 2.23. The molecule has 0 bridgehead atoms. The molecule has 6 nitrogen and oxygen atoms in total. The molecular weight excluding hydrogens is 300 g/mol. The number of rotatable bonds is 7. The summed E-state index contributed by atoms with van der Waals surface area (Å²) in [6.07, 6.45) is 0. The van der Waals surface area contributed by atoms with Crippen LogP contribution < -0.4 is 10.6 Å². The predicted octanol–water partition coefficient (Wildman–Crippen LogP) is 1.40. The predicted molar refractivity (Wildman–Crippen MR) is 87.8 cm³/mol. The van der Waals surface area contributed by atoms with Crippen molar-refractivity contribution in [2.24, 2.45) is 0 Å². The van der Waals surface area contributed by atoms with Crippen molar-refractivity contribution in [2.45, 2.75) is 25.5 Å². The zero-order chi connectivity index (χ0) is 15.9. The van der Waals surface area contributed by atoms with E-state index in [9.17, 15) is 9.59 Å². The summed E-state index contributed by atoms with van der Waals surface area (Å²) in [5, 5.41) is 6.25. The minimum Gasteiger partial charge on any atom is -0.355 e. The van der Waals surface area contributed by atoms with Crippen molar-refractivity contribution in [3.05, 3.63) is 24.3 Å². The van der Waals surface area contributed by atoms with Crippen molar-refractivity contribution >= 4 is 34.6 Å². The molecule has 0 radical (unpaired) electrons. The van der Waals surface area contributed by atoms with Crippen molar-refractivity contribution in [3.8, 4) is 0 Å². The number of hydrogen-bond donors (Lipinski definition) is 2.